The van der Waals surface area contributed by atoms with Crippen molar-refractivity contribution in [2.24, 2.45) is 0 Å². The number of hydrogen-bond donors (Lipinski definition) is 3. The number of fused-ring (bicyclic) bond motifs is 10. The lowest BCUT2D eigenvalue weighted by Gasteiger charge is -2.23. The molecule has 4 aromatic rings. The average molecular weight is 437 g/mol. The van der Waals surface area contributed by atoms with Crippen LogP contribution in [0.2, 0.25) is 0 Å². The zero-order valence-corrected chi connectivity index (χ0v) is 18.2. The van der Waals surface area contributed by atoms with E-state index in [4.69, 9.17) is 4.74 Å². The predicted octanol–water partition coefficient (Wildman–Crippen LogP) is 4.98. The number of hydrogen-bond acceptors (Lipinski definition) is 3. The van der Waals surface area contributed by atoms with Crippen molar-refractivity contribution in [3.05, 3.63) is 83.4 Å². The van der Waals surface area contributed by atoms with Gasteiger partial charge in [0.2, 0.25) is 0 Å². The second-order valence-corrected chi connectivity index (χ2v) is 8.59. The van der Waals surface area contributed by atoms with E-state index in [-0.39, 0.29) is 11.8 Å². The number of nitrogens with one attached hydrogen (secondary N) is 3. The summed E-state index contributed by atoms with van der Waals surface area (Å²) >= 11 is 0. The Kier molecular flexibility index (Phi) is 4.30. The Hall–Kier alpha value is -4.06. The average Bonchev–Trinajstić information content (AvgIpc) is 3.48. The molecule has 2 aliphatic rings. The molecular formula is C27H23N3O3. The second-order valence-electron chi connectivity index (χ2n) is 8.59. The monoisotopic (exact) mass is 437 g/mol. The molecule has 6 rings (SSSR count). The van der Waals surface area contributed by atoms with Gasteiger partial charge in [0.15, 0.2) is 0 Å². The third-order valence-corrected chi connectivity index (χ3v) is 6.78. The molecule has 6 nitrogen and oxygen atoms in total. The van der Waals surface area contributed by atoms with Crippen LogP contribution in [0.25, 0.3) is 32.9 Å². The maximum absolute atomic E-state index is 13.1. The Labute approximate surface area is 190 Å². The third kappa shape index (κ3) is 2.73. The van der Waals surface area contributed by atoms with Gasteiger partial charge in [-0.05, 0) is 35.2 Å². The highest BCUT2D eigenvalue weighted by Gasteiger charge is 2.41. The van der Waals surface area contributed by atoms with Crippen LogP contribution < -0.4 is 10.6 Å². The molecule has 0 saturated carbocycles. The molecule has 0 saturated heterocycles. The molecule has 0 fully saturated rings. The molecule has 1 aliphatic carbocycles. The van der Waals surface area contributed by atoms with E-state index in [9.17, 15) is 9.59 Å². The maximum atomic E-state index is 13.1. The number of alkyl carbamates (subject to hydrolysis) is 1. The summed E-state index contributed by atoms with van der Waals surface area (Å²) in [5.74, 6) is -0.263. The maximum Gasteiger partial charge on any atom is 0.407 e. The molecule has 6 heteroatoms. The van der Waals surface area contributed by atoms with Gasteiger partial charge < -0.3 is 20.4 Å². The number of benzene rings is 3. The van der Waals surface area contributed by atoms with Crippen LogP contribution in [-0.4, -0.2) is 29.6 Å². The van der Waals surface area contributed by atoms with Gasteiger partial charge in [0.25, 0.3) is 5.91 Å². The topological polar surface area (TPSA) is 83.2 Å². The third-order valence-electron chi connectivity index (χ3n) is 6.78. The molecule has 3 aromatic carbocycles. The minimum absolute atomic E-state index is 0.0545. The first-order chi connectivity index (χ1) is 16.1. The summed E-state index contributed by atoms with van der Waals surface area (Å²) in [5, 5.41) is 7.89. The minimum Gasteiger partial charge on any atom is -0.446 e. The van der Waals surface area contributed by atoms with E-state index in [0.29, 0.717) is 13.1 Å². The van der Waals surface area contributed by atoms with Crippen LogP contribution in [0, 0.1) is 0 Å². The first-order valence-corrected chi connectivity index (χ1v) is 11.1. The lowest BCUT2D eigenvalue weighted by Crippen LogP contribution is -2.30. The van der Waals surface area contributed by atoms with Gasteiger partial charge in [-0.25, -0.2) is 4.79 Å². The van der Waals surface area contributed by atoms with Crippen LogP contribution in [0.3, 0.4) is 0 Å². The van der Waals surface area contributed by atoms with Crippen LogP contribution in [-0.2, 0) is 11.3 Å². The van der Waals surface area contributed by atoms with Gasteiger partial charge >= 0.3 is 6.09 Å². The van der Waals surface area contributed by atoms with Gasteiger partial charge in [-0.1, -0.05) is 48.5 Å². The number of aromatic amines is 1. The molecule has 2 atom stereocenters. The summed E-state index contributed by atoms with van der Waals surface area (Å²) in [5.41, 5.74) is 7.83. The highest BCUT2D eigenvalue weighted by Crippen LogP contribution is 2.54. The summed E-state index contributed by atoms with van der Waals surface area (Å²) in [6.45, 7) is 6.38. The fourth-order valence-corrected chi connectivity index (χ4v) is 5.54. The van der Waals surface area contributed by atoms with Gasteiger partial charge in [0.05, 0.1) is 11.1 Å². The summed E-state index contributed by atoms with van der Waals surface area (Å²) in [7, 11) is 0. The lowest BCUT2D eigenvalue weighted by molar-refractivity contribution is 0.0961. The van der Waals surface area contributed by atoms with E-state index >= 15 is 0 Å². The Morgan fingerprint density at radius 2 is 2.00 bits per heavy atom. The Bertz CT molecular complexity index is 1480. The van der Waals surface area contributed by atoms with Gasteiger partial charge in [0, 0.05) is 40.9 Å². The molecule has 2 heterocycles. The van der Waals surface area contributed by atoms with Gasteiger partial charge in [-0.2, -0.15) is 0 Å². The molecule has 0 spiro atoms. The molecule has 2 amide bonds. The van der Waals surface area contributed by atoms with E-state index in [0.717, 1.165) is 55.2 Å². The van der Waals surface area contributed by atoms with E-state index < -0.39 is 12.2 Å². The molecule has 3 N–H and O–H groups in total. The van der Waals surface area contributed by atoms with Crippen molar-refractivity contribution in [3.8, 4) is 11.1 Å². The van der Waals surface area contributed by atoms with Gasteiger partial charge in [-0.15, -0.1) is 6.58 Å². The zero-order chi connectivity index (χ0) is 22.7. The van der Waals surface area contributed by atoms with Crippen molar-refractivity contribution in [1.82, 2.24) is 15.6 Å². The quantitative estimate of drug-likeness (QED) is 0.394. The van der Waals surface area contributed by atoms with Crippen molar-refractivity contribution in [1.29, 1.82) is 0 Å². The van der Waals surface area contributed by atoms with Crippen molar-refractivity contribution < 1.29 is 14.3 Å². The molecular weight excluding hydrogens is 414 g/mol. The van der Waals surface area contributed by atoms with E-state index in [1.165, 1.54) is 0 Å². The predicted molar refractivity (Wildman–Crippen MR) is 128 cm³/mol. The van der Waals surface area contributed by atoms with Crippen LogP contribution in [0.5, 0.6) is 0 Å². The summed E-state index contributed by atoms with van der Waals surface area (Å²) in [6, 6.07) is 16.3. The lowest BCUT2D eigenvalue weighted by atomic mass is 9.87. The number of para-hydroxylation sites is 1. The molecule has 164 valence electrons. The molecule has 33 heavy (non-hydrogen) atoms. The van der Waals surface area contributed by atoms with Crippen LogP contribution >= 0.6 is 0 Å². The zero-order valence-electron chi connectivity index (χ0n) is 18.2. The van der Waals surface area contributed by atoms with E-state index in [2.05, 4.69) is 46.5 Å². The van der Waals surface area contributed by atoms with E-state index in [1.807, 2.05) is 31.2 Å². The number of rotatable bonds is 4. The fraction of sp³-hybridized carbons (Fsp3) is 0.185. The summed E-state index contributed by atoms with van der Waals surface area (Å²) in [6.07, 6.45) is 0.677. The smallest absolute Gasteiger partial charge is 0.407 e. The molecule has 0 radical (unpaired) electrons. The normalized spacial score (nSPS) is 16.8. The van der Waals surface area contributed by atoms with Crippen LogP contribution in [0.1, 0.15) is 39.9 Å². The first-order valence-electron chi connectivity index (χ1n) is 11.1. The number of amides is 2. The molecule has 1 aromatic heterocycles. The largest absolute Gasteiger partial charge is 0.446 e. The number of ether oxygens (including phenoxy) is 1. The summed E-state index contributed by atoms with van der Waals surface area (Å²) in [4.78, 5) is 29.1. The van der Waals surface area contributed by atoms with Crippen LogP contribution in [0.4, 0.5) is 4.79 Å². The minimum atomic E-state index is -0.486. The Morgan fingerprint density at radius 1 is 1.21 bits per heavy atom. The fourth-order valence-electron chi connectivity index (χ4n) is 5.54. The first kappa shape index (κ1) is 19.6. The highest BCUT2D eigenvalue weighted by atomic mass is 16.6. The summed E-state index contributed by atoms with van der Waals surface area (Å²) < 4.78 is 5.81. The van der Waals surface area contributed by atoms with E-state index in [1.54, 1.807) is 6.08 Å². The molecule has 1 aliphatic heterocycles. The van der Waals surface area contributed by atoms with Crippen LogP contribution in [0.15, 0.2) is 61.2 Å². The molecule has 0 bridgehead atoms. The van der Waals surface area contributed by atoms with Crippen molar-refractivity contribution in [2.75, 3.05) is 6.54 Å². The van der Waals surface area contributed by atoms with Gasteiger partial charge in [0.1, 0.15) is 6.10 Å². The number of carbonyl (C=O) groups is 2. The van der Waals surface area contributed by atoms with Crippen molar-refractivity contribution in [3.63, 3.8) is 0 Å². The number of carbonyl (C=O) groups excluding carboxylic acids is 2. The Balaban J connectivity index is 1.64. The molecule has 0 unspecified atom stereocenters. The van der Waals surface area contributed by atoms with Crippen molar-refractivity contribution in [2.45, 2.75) is 25.5 Å². The van der Waals surface area contributed by atoms with Crippen molar-refractivity contribution >= 4 is 33.8 Å². The SMILES string of the molecule is C=CCNC(=O)O[C@@H](C)[C@H]1c2ccccc2-c2c3c(c4c([nH]c5ccccc54)c21)CNC3=O. The standard InChI is InChI=1S/C27H23N3O3/c1-3-12-28-27(32)33-14(2)20-15-8-4-5-9-16(15)22-23-18(13-29-26(23)31)21-17-10-6-7-11-19(17)30-25(21)24(20)22/h3-11,14,20,30H,1,12-13H2,2H3,(H,28,32)(H,29,31)/t14-,20-/m0/s1. The number of aromatic nitrogens is 1. The number of H-pyrrole nitrogens is 1. The highest BCUT2D eigenvalue weighted by molar-refractivity contribution is 6.20. The Morgan fingerprint density at radius 3 is 2.85 bits per heavy atom. The second kappa shape index (κ2) is 7.24. The van der Waals surface area contributed by atoms with Gasteiger partial charge in [-0.3, -0.25) is 4.79 Å².